The molecule has 1 saturated heterocycles. The molecule has 3 heteroatoms. The van der Waals surface area contributed by atoms with E-state index in [-0.39, 0.29) is 6.04 Å². The van der Waals surface area contributed by atoms with Crippen molar-refractivity contribution in [1.29, 1.82) is 5.26 Å². The summed E-state index contributed by atoms with van der Waals surface area (Å²) in [5.41, 5.74) is 0.627. The number of benzene rings is 1. The van der Waals surface area contributed by atoms with Gasteiger partial charge in [-0.05, 0) is 44.0 Å². The Bertz CT molecular complexity index is 423. The largest absolute Gasteiger partial charge is 0.384 e. The van der Waals surface area contributed by atoms with Gasteiger partial charge in [0.25, 0.3) is 0 Å². The number of hydrogen-bond acceptors (Lipinski definition) is 3. The molecule has 2 N–H and O–H groups in total. The van der Waals surface area contributed by atoms with Gasteiger partial charge in [0.15, 0.2) is 0 Å². The third-order valence-electron chi connectivity index (χ3n) is 3.84. The lowest BCUT2D eigenvalue weighted by molar-refractivity contribution is 0.0136. The molecule has 1 aromatic rings. The normalized spacial score (nSPS) is 23.7. The Labute approximate surface area is 108 Å². The molecule has 18 heavy (non-hydrogen) atoms. The Morgan fingerprint density at radius 2 is 2.00 bits per heavy atom. The molecule has 1 fully saturated rings. The van der Waals surface area contributed by atoms with Gasteiger partial charge in [0.2, 0.25) is 0 Å². The predicted octanol–water partition coefficient (Wildman–Crippen LogP) is 2.30. The predicted molar refractivity (Wildman–Crippen MR) is 71.0 cm³/mol. The highest BCUT2D eigenvalue weighted by Gasteiger charge is 2.33. The summed E-state index contributed by atoms with van der Waals surface area (Å²) < 4.78 is 0. The van der Waals surface area contributed by atoms with Crippen molar-refractivity contribution in [3.05, 3.63) is 35.4 Å². The van der Waals surface area contributed by atoms with E-state index in [0.29, 0.717) is 5.56 Å². The number of nitrogens with zero attached hydrogens (tertiary/aromatic N) is 1. The molecule has 0 spiro atoms. The fraction of sp³-hybridized carbons (Fsp3) is 0.533. The van der Waals surface area contributed by atoms with Crippen molar-refractivity contribution >= 4 is 0 Å². The van der Waals surface area contributed by atoms with Crippen molar-refractivity contribution in [3.8, 4) is 6.07 Å². The monoisotopic (exact) mass is 244 g/mol. The average Bonchev–Trinajstić information content (AvgIpc) is 2.68. The molecule has 1 aromatic carbocycles. The molecule has 0 aliphatic carbocycles. The van der Waals surface area contributed by atoms with E-state index in [2.05, 4.69) is 11.4 Å². The van der Waals surface area contributed by atoms with Crippen LogP contribution in [-0.4, -0.2) is 17.7 Å². The molecular formula is C15H20N2O. The van der Waals surface area contributed by atoms with E-state index in [1.54, 1.807) is 12.1 Å². The Balaban J connectivity index is 2.19. The van der Waals surface area contributed by atoms with Gasteiger partial charge in [0.1, 0.15) is 5.60 Å². The molecule has 2 atom stereocenters. The zero-order valence-electron chi connectivity index (χ0n) is 10.8. The van der Waals surface area contributed by atoms with Crippen LogP contribution in [0.2, 0.25) is 0 Å². The SMILES string of the molecule is CC(O)(c1ccc(C#N)cc1)C1CCCCCN1. The van der Waals surface area contributed by atoms with E-state index in [1.807, 2.05) is 19.1 Å². The second-order valence-electron chi connectivity index (χ2n) is 5.19. The number of nitriles is 1. The summed E-state index contributed by atoms with van der Waals surface area (Å²) in [5.74, 6) is 0. The Morgan fingerprint density at radius 1 is 1.28 bits per heavy atom. The van der Waals surface area contributed by atoms with E-state index in [1.165, 1.54) is 12.8 Å². The highest BCUT2D eigenvalue weighted by molar-refractivity contribution is 5.34. The molecular weight excluding hydrogens is 224 g/mol. The first kappa shape index (κ1) is 13.1. The fourth-order valence-corrected chi connectivity index (χ4v) is 2.59. The van der Waals surface area contributed by atoms with Gasteiger partial charge in [-0.25, -0.2) is 0 Å². The van der Waals surface area contributed by atoms with E-state index in [9.17, 15) is 5.11 Å². The van der Waals surface area contributed by atoms with Crippen LogP contribution in [0, 0.1) is 11.3 Å². The average molecular weight is 244 g/mol. The number of hydrogen-bond donors (Lipinski definition) is 2. The molecule has 0 bridgehead atoms. The first-order valence-electron chi connectivity index (χ1n) is 6.61. The van der Waals surface area contributed by atoms with Crippen LogP contribution in [-0.2, 0) is 5.60 Å². The number of aliphatic hydroxyl groups is 1. The van der Waals surface area contributed by atoms with E-state index >= 15 is 0 Å². The molecule has 1 aliphatic heterocycles. The van der Waals surface area contributed by atoms with E-state index in [0.717, 1.165) is 24.9 Å². The zero-order valence-corrected chi connectivity index (χ0v) is 10.8. The Morgan fingerprint density at radius 3 is 2.67 bits per heavy atom. The maximum absolute atomic E-state index is 10.8. The Hall–Kier alpha value is -1.37. The Kier molecular flexibility index (Phi) is 4.00. The van der Waals surface area contributed by atoms with Crippen molar-refractivity contribution in [1.82, 2.24) is 5.32 Å². The summed E-state index contributed by atoms with van der Waals surface area (Å²) in [7, 11) is 0. The minimum atomic E-state index is -0.877. The van der Waals surface area contributed by atoms with Gasteiger partial charge in [-0.3, -0.25) is 0 Å². The number of nitrogens with one attached hydrogen (secondary N) is 1. The zero-order chi connectivity index (χ0) is 13.0. The summed E-state index contributed by atoms with van der Waals surface area (Å²) in [6.07, 6.45) is 4.56. The van der Waals surface area contributed by atoms with Crippen LogP contribution in [0.4, 0.5) is 0 Å². The van der Waals surface area contributed by atoms with Gasteiger partial charge in [0, 0.05) is 6.04 Å². The molecule has 0 radical (unpaired) electrons. The number of rotatable bonds is 2. The lowest BCUT2D eigenvalue weighted by Crippen LogP contribution is -2.46. The molecule has 2 rings (SSSR count). The lowest BCUT2D eigenvalue weighted by atomic mass is 9.85. The van der Waals surface area contributed by atoms with Crippen molar-refractivity contribution in [2.24, 2.45) is 0 Å². The van der Waals surface area contributed by atoms with Crippen molar-refractivity contribution in [2.75, 3.05) is 6.54 Å². The van der Waals surface area contributed by atoms with Gasteiger partial charge in [0.05, 0.1) is 11.6 Å². The van der Waals surface area contributed by atoms with Gasteiger partial charge in [-0.15, -0.1) is 0 Å². The molecule has 3 nitrogen and oxygen atoms in total. The molecule has 0 aromatic heterocycles. The van der Waals surface area contributed by atoms with Crippen LogP contribution in [0.5, 0.6) is 0 Å². The second-order valence-corrected chi connectivity index (χ2v) is 5.19. The first-order chi connectivity index (χ1) is 8.64. The van der Waals surface area contributed by atoms with Crippen molar-refractivity contribution in [3.63, 3.8) is 0 Å². The van der Waals surface area contributed by atoms with Crippen LogP contribution in [0.1, 0.15) is 43.7 Å². The van der Waals surface area contributed by atoms with Crippen LogP contribution in [0.25, 0.3) is 0 Å². The third kappa shape index (κ3) is 2.72. The summed E-state index contributed by atoms with van der Waals surface area (Å²) in [4.78, 5) is 0. The molecule has 0 saturated carbocycles. The standard InChI is InChI=1S/C15H20N2O/c1-15(18,14-5-3-2-4-10-17-14)13-8-6-12(11-16)7-9-13/h6-9,14,17-18H,2-5,10H2,1H3. The summed E-state index contributed by atoms with van der Waals surface area (Å²) in [6, 6.07) is 9.42. The van der Waals surface area contributed by atoms with Crippen molar-refractivity contribution in [2.45, 2.75) is 44.2 Å². The van der Waals surface area contributed by atoms with E-state index in [4.69, 9.17) is 5.26 Å². The highest BCUT2D eigenvalue weighted by Crippen LogP contribution is 2.29. The van der Waals surface area contributed by atoms with Gasteiger partial charge >= 0.3 is 0 Å². The minimum Gasteiger partial charge on any atom is -0.384 e. The molecule has 1 heterocycles. The van der Waals surface area contributed by atoms with Crippen LogP contribution >= 0.6 is 0 Å². The van der Waals surface area contributed by atoms with Crippen LogP contribution < -0.4 is 5.32 Å². The van der Waals surface area contributed by atoms with Gasteiger partial charge in [-0.2, -0.15) is 5.26 Å². The molecule has 2 unspecified atom stereocenters. The van der Waals surface area contributed by atoms with Gasteiger partial charge in [-0.1, -0.05) is 25.0 Å². The summed E-state index contributed by atoms with van der Waals surface area (Å²) >= 11 is 0. The molecule has 0 amide bonds. The lowest BCUT2D eigenvalue weighted by Gasteiger charge is -2.33. The quantitative estimate of drug-likeness (QED) is 0.839. The van der Waals surface area contributed by atoms with E-state index < -0.39 is 5.60 Å². The highest BCUT2D eigenvalue weighted by atomic mass is 16.3. The van der Waals surface area contributed by atoms with Crippen molar-refractivity contribution < 1.29 is 5.11 Å². The molecule has 96 valence electrons. The van der Waals surface area contributed by atoms with Crippen LogP contribution in [0.15, 0.2) is 24.3 Å². The summed E-state index contributed by atoms with van der Waals surface area (Å²) in [6.45, 7) is 2.83. The second kappa shape index (κ2) is 5.51. The molecule has 1 aliphatic rings. The topological polar surface area (TPSA) is 56.0 Å². The van der Waals surface area contributed by atoms with Gasteiger partial charge < -0.3 is 10.4 Å². The minimum absolute atomic E-state index is 0.0907. The smallest absolute Gasteiger partial charge is 0.102 e. The fourth-order valence-electron chi connectivity index (χ4n) is 2.59. The third-order valence-corrected chi connectivity index (χ3v) is 3.84. The first-order valence-corrected chi connectivity index (χ1v) is 6.61. The van der Waals surface area contributed by atoms with Crippen LogP contribution in [0.3, 0.4) is 0 Å². The maximum atomic E-state index is 10.8. The maximum Gasteiger partial charge on any atom is 0.102 e. The summed E-state index contributed by atoms with van der Waals surface area (Å²) in [5, 5.41) is 23.0.